The van der Waals surface area contributed by atoms with E-state index in [1.165, 1.54) is 0 Å². The number of anilines is 1. The maximum absolute atomic E-state index is 9.40. The first-order valence-corrected chi connectivity index (χ1v) is 8.42. The van der Waals surface area contributed by atoms with E-state index in [2.05, 4.69) is 27.1 Å². The molecule has 1 fully saturated rings. The molecule has 1 saturated heterocycles. The third kappa shape index (κ3) is 3.85. The molecule has 1 aromatic rings. The van der Waals surface area contributed by atoms with E-state index in [0.717, 1.165) is 63.3 Å². The fraction of sp³-hybridized carbons (Fsp3) is 0.500. The first kappa shape index (κ1) is 15.9. The van der Waals surface area contributed by atoms with Gasteiger partial charge in [-0.05, 0) is 49.9 Å². The maximum Gasteiger partial charge on any atom is 0.115 e. The minimum atomic E-state index is 0.256. The molecule has 0 spiro atoms. The zero-order valence-corrected chi connectivity index (χ0v) is 13.4. The number of rotatable bonds is 2. The summed E-state index contributed by atoms with van der Waals surface area (Å²) in [5.41, 5.74) is 2.08. The van der Waals surface area contributed by atoms with Gasteiger partial charge in [0.25, 0.3) is 0 Å². The summed E-state index contributed by atoms with van der Waals surface area (Å²) in [6.07, 6.45) is 8.30. The number of nitrogens with zero attached hydrogens (tertiary/aromatic N) is 3. The molecule has 3 rings (SSSR count). The summed E-state index contributed by atoms with van der Waals surface area (Å²) >= 11 is 0. The molecular formula is C18H25N3O2. The monoisotopic (exact) mass is 315 g/mol. The van der Waals surface area contributed by atoms with Gasteiger partial charge in [-0.15, -0.1) is 0 Å². The van der Waals surface area contributed by atoms with Crippen LogP contribution in [0.15, 0.2) is 41.6 Å². The second-order valence-electron chi connectivity index (χ2n) is 6.23. The number of allylic oxidation sites excluding steroid dienone is 2. The van der Waals surface area contributed by atoms with E-state index in [9.17, 15) is 10.3 Å². The Hall–Kier alpha value is -2.01. The van der Waals surface area contributed by atoms with Crippen molar-refractivity contribution in [2.75, 3.05) is 31.1 Å². The maximum atomic E-state index is 9.40. The van der Waals surface area contributed by atoms with Gasteiger partial charge in [-0.25, -0.2) is 0 Å². The average Bonchev–Trinajstić information content (AvgIpc) is 2.56. The van der Waals surface area contributed by atoms with Crippen molar-refractivity contribution in [3.8, 4) is 5.75 Å². The number of phenolic OH excluding ortho intramolecular Hbond substituents is 1. The van der Waals surface area contributed by atoms with Crippen molar-refractivity contribution in [3.63, 3.8) is 0 Å². The van der Waals surface area contributed by atoms with Gasteiger partial charge in [-0.1, -0.05) is 17.3 Å². The van der Waals surface area contributed by atoms with Crippen molar-refractivity contribution in [1.82, 2.24) is 4.90 Å². The predicted molar refractivity (Wildman–Crippen MR) is 92.5 cm³/mol. The molecule has 5 heteroatoms. The fourth-order valence-electron chi connectivity index (χ4n) is 3.52. The zero-order chi connectivity index (χ0) is 16.1. The Balaban J connectivity index is 1.63. The highest BCUT2D eigenvalue weighted by Gasteiger charge is 2.27. The van der Waals surface area contributed by atoms with Crippen LogP contribution >= 0.6 is 0 Å². The molecule has 0 amide bonds. The molecule has 0 saturated carbocycles. The molecule has 23 heavy (non-hydrogen) atoms. The molecular weight excluding hydrogens is 290 g/mol. The van der Waals surface area contributed by atoms with Crippen LogP contribution in [0.1, 0.15) is 25.7 Å². The molecule has 124 valence electrons. The van der Waals surface area contributed by atoms with Crippen LogP contribution in [0, 0.1) is 0 Å². The van der Waals surface area contributed by atoms with Crippen molar-refractivity contribution in [3.05, 3.63) is 36.4 Å². The van der Waals surface area contributed by atoms with Crippen molar-refractivity contribution in [2.24, 2.45) is 5.16 Å². The van der Waals surface area contributed by atoms with E-state index < -0.39 is 0 Å². The minimum absolute atomic E-state index is 0.256. The molecule has 0 aromatic heterocycles. The topological polar surface area (TPSA) is 59.3 Å². The van der Waals surface area contributed by atoms with Gasteiger partial charge in [0.1, 0.15) is 5.75 Å². The van der Waals surface area contributed by atoms with Crippen molar-refractivity contribution >= 4 is 11.4 Å². The van der Waals surface area contributed by atoms with Gasteiger partial charge >= 0.3 is 0 Å². The predicted octanol–water partition coefficient (Wildman–Crippen LogP) is 2.84. The molecule has 0 bridgehead atoms. The van der Waals surface area contributed by atoms with E-state index >= 15 is 0 Å². The molecule has 1 aliphatic carbocycles. The zero-order valence-electron chi connectivity index (χ0n) is 13.4. The van der Waals surface area contributed by atoms with Gasteiger partial charge in [0.05, 0.1) is 11.8 Å². The second-order valence-corrected chi connectivity index (χ2v) is 6.23. The van der Waals surface area contributed by atoms with Gasteiger partial charge in [0.15, 0.2) is 0 Å². The number of piperazine rings is 1. The second kappa shape index (κ2) is 7.51. The Morgan fingerprint density at radius 3 is 2.35 bits per heavy atom. The van der Waals surface area contributed by atoms with Gasteiger partial charge in [-0.3, -0.25) is 4.90 Å². The van der Waals surface area contributed by atoms with Crippen LogP contribution in [0.4, 0.5) is 5.69 Å². The molecule has 1 atom stereocenters. The number of hydrogen-bond acceptors (Lipinski definition) is 5. The smallest absolute Gasteiger partial charge is 0.115 e. The first-order chi connectivity index (χ1) is 11.3. The van der Waals surface area contributed by atoms with Crippen LogP contribution in [0.2, 0.25) is 0 Å². The Morgan fingerprint density at radius 2 is 1.65 bits per heavy atom. The summed E-state index contributed by atoms with van der Waals surface area (Å²) in [5.74, 6) is 0.304. The Morgan fingerprint density at radius 1 is 0.957 bits per heavy atom. The van der Waals surface area contributed by atoms with E-state index in [4.69, 9.17) is 0 Å². The average molecular weight is 315 g/mol. The lowest BCUT2D eigenvalue weighted by Crippen LogP contribution is -2.52. The normalized spacial score (nSPS) is 25.3. The van der Waals surface area contributed by atoms with E-state index in [1.54, 1.807) is 12.1 Å². The molecule has 5 nitrogen and oxygen atoms in total. The summed E-state index contributed by atoms with van der Waals surface area (Å²) < 4.78 is 0. The summed E-state index contributed by atoms with van der Waals surface area (Å²) in [7, 11) is 0. The number of oxime groups is 1. The first-order valence-electron chi connectivity index (χ1n) is 8.42. The van der Waals surface area contributed by atoms with Crippen molar-refractivity contribution in [1.29, 1.82) is 0 Å². The number of hydrogen-bond donors (Lipinski definition) is 2. The molecule has 0 radical (unpaired) electrons. The molecule has 1 heterocycles. The highest BCUT2D eigenvalue weighted by atomic mass is 16.4. The van der Waals surface area contributed by atoms with Crippen LogP contribution in [0.3, 0.4) is 0 Å². The van der Waals surface area contributed by atoms with Crippen LogP contribution in [-0.2, 0) is 0 Å². The Bertz CT molecular complexity index is 560. The highest BCUT2D eigenvalue weighted by Crippen LogP contribution is 2.22. The lowest BCUT2D eigenvalue weighted by Gasteiger charge is -2.40. The van der Waals surface area contributed by atoms with Gasteiger partial charge in [-0.2, -0.15) is 0 Å². The van der Waals surface area contributed by atoms with E-state index in [1.807, 2.05) is 12.1 Å². The standard InChI is InChI=1S/C18H25N3O2/c22-16-9-7-15(8-10-16)20-11-13-21(14-12-20)18-6-4-2-1-3-5-17(18)19-23/h1-2,7-10,18,22-23H,3-6,11-14H2. The quantitative estimate of drug-likeness (QED) is 0.500. The van der Waals surface area contributed by atoms with Crippen molar-refractivity contribution in [2.45, 2.75) is 31.7 Å². The van der Waals surface area contributed by atoms with Crippen LogP contribution in [-0.4, -0.2) is 53.1 Å². The lowest BCUT2D eigenvalue weighted by molar-refractivity contribution is 0.211. The van der Waals surface area contributed by atoms with Crippen LogP contribution in [0.5, 0.6) is 5.75 Å². The summed E-state index contributed by atoms with van der Waals surface area (Å²) in [6, 6.07) is 7.66. The van der Waals surface area contributed by atoms with Gasteiger partial charge in [0, 0.05) is 31.9 Å². The molecule has 1 aliphatic heterocycles. The minimum Gasteiger partial charge on any atom is -0.508 e. The third-order valence-electron chi connectivity index (χ3n) is 4.82. The van der Waals surface area contributed by atoms with Gasteiger partial charge in [0.2, 0.25) is 0 Å². The fourth-order valence-corrected chi connectivity index (χ4v) is 3.52. The highest BCUT2D eigenvalue weighted by molar-refractivity contribution is 5.89. The summed E-state index contributed by atoms with van der Waals surface area (Å²) in [6.45, 7) is 3.84. The molecule has 1 aromatic carbocycles. The van der Waals surface area contributed by atoms with E-state index in [0.29, 0.717) is 5.75 Å². The van der Waals surface area contributed by atoms with Crippen molar-refractivity contribution < 1.29 is 10.3 Å². The van der Waals surface area contributed by atoms with Gasteiger partial charge < -0.3 is 15.2 Å². The molecule has 2 N–H and O–H groups in total. The summed E-state index contributed by atoms with van der Waals surface area (Å²) in [5, 5.41) is 22.4. The Kier molecular flexibility index (Phi) is 5.18. The Labute approximate surface area is 137 Å². The van der Waals surface area contributed by atoms with E-state index in [-0.39, 0.29) is 6.04 Å². The third-order valence-corrected chi connectivity index (χ3v) is 4.82. The summed E-state index contributed by atoms with van der Waals surface area (Å²) in [4.78, 5) is 4.79. The SMILES string of the molecule is ON=C1CCC=CCCC1N1CCN(c2ccc(O)cc2)CC1. The van der Waals surface area contributed by atoms with Crippen LogP contribution < -0.4 is 4.90 Å². The van der Waals surface area contributed by atoms with Crippen LogP contribution in [0.25, 0.3) is 0 Å². The number of aromatic hydroxyl groups is 1. The number of phenols is 1. The largest absolute Gasteiger partial charge is 0.508 e. The lowest BCUT2D eigenvalue weighted by atomic mass is 9.96. The number of benzene rings is 1. The molecule has 2 aliphatic rings. The molecule has 1 unspecified atom stereocenters.